The molecule has 0 bridgehead atoms. The van der Waals surface area contributed by atoms with Gasteiger partial charge in [0.05, 0.1) is 0 Å². The van der Waals surface area contributed by atoms with Crippen molar-refractivity contribution in [2.45, 2.75) is 39.5 Å². The molecule has 0 aliphatic rings. The summed E-state index contributed by atoms with van der Waals surface area (Å²) >= 11 is 0. The maximum atomic E-state index is 12.2. The van der Waals surface area contributed by atoms with E-state index in [0.717, 1.165) is 18.4 Å². The molecular weight excluding hydrogens is 410 g/mol. The third-order valence-electron chi connectivity index (χ3n) is 4.88. The summed E-state index contributed by atoms with van der Waals surface area (Å²) in [6.45, 7) is 6.39. The molecule has 1 amide bonds. The molecule has 3 rings (SSSR count). The average molecular weight is 437 g/mol. The van der Waals surface area contributed by atoms with Crippen LogP contribution in [0.3, 0.4) is 0 Å². The normalized spacial score (nSPS) is 10.9. The van der Waals surface area contributed by atoms with Gasteiger partial charge in [-0.2, -0.15) is 0 Å². The van der Waals surface area contributed by atoms with Gasteiger partial charge >= 0.3 is 11.6 Å². The van der Waals surface area contributed by atoms with Gasteiger partial charge in [0.2, 0.25) is 0 Å². The fraction of sp³-hybridized carbons (Fsp3) is 0.320. The third-order valence-corrected chi connectivity index (χ3v) is 4.88. The molecule has 0 atom stereocenters. The summed E-state index contributed by atoms with van der Waals surface area (Å²) in [4.78, 5) is 36.6. The Hall–Kier alpha value is -3.61. The minimum Gasteiger partial charge on any atom is -0.482 e. The summed E-state index contributed by atoms with van der Waals surface area (Å²) in [6, 6.07) is 13.6. The predicted molar refractivity (Wildman–Crippen MR) is 121 cm³/mol. The Kier molecular flexibility index (Phi) is 7.65. The summed E-state index contributed by atoms with van der Waals surface area (Å²) in [5.41, 5.74) is 0.522. The standard InChI is InChI=1S/C25H27NO6/c1-4-5-11-26-24(28)21-13-18-9-10-20(14-22(18)32-25(21)29)31-23(27)15-30-19-8-6-7-17(12-19)16(2)3/h6-10,12-14,16H,4-5,11,15H2,1-3H3,(H,26,28). The van der Waals surface area contributed by atoms with Gasteiger partial charge in [0.15, 0.2) is 6.61 Å². The van der Waals surface area contributed by atoms with Crippen LogP contribution in [0.1, 0.15) is 55.5 Å². The molecule has 2 aromatic carbocycles. The van der Waals surface area contributed by atoms with Gasteiger partial charge in [-0.25, -0.2) is 9.59 Å². The van der Waals surface area contributed by atoms with Crippen LogP contribution >= 0.6 is 0 Å². The van der Waals surface area contributed by atoms with E-state index in [0.29, 0.717) is 23.6 Å². The Bertz CT molecular complexity index is 1160. The zero-order chi connectivity index (χ0) is 23.1. The van der Waals surface area contributed by atoms with Gasteiger partial charge in [-0.05, 0) is 48.2 Å². The Morgan fingerprint density at radius 3 is 2.62 bits per heavy atom. The molecule has 0 spiro atoms. The predicted octanol–water partition coefficient (Wildman–Crippen LogP) is 4.43. The number of fused-ring (bicyclic) bond motifs is 1. The topological polar surface area (TPSA) is 94.8 Å². The van der Waals surface area contributed by atoms with Crippen LogP contribution in [-0.2, 0) is 4.79 Å². The molecular formula is C25H27NO6. The van der Waals surface area contributed by atoms with E-state index in [1.807, 2.05) is 25.1 Å². The summed E-state index contributed by atoms with van der Waals surface area (Å²) in [5, 5.41) is 3.25. The highest BCUT2D eigenvalue weighted by Gasteiger charge is 2.14. The van der Waals surface area contributed by atoms with Gasteiger partial charge in [0.25, 0.3) is 5.91 Å². The van der Waals surface area contributed by atoms with Gasteiger partial charge in [0.1, 0.15) is 22.6 Å². The molecule has 7 heteroatoms. The van der Waals surface area contributed by atoms with Crippen molar-refractivity contribution in [1.82, 2.24) is 5.32 Å². The van der Waals surface area contributed by atoms with Crippen LogP contribution in [-0.4, -0.2) is 25.0 Å². The van der Waals surface area contributed by atoms with Crippen molar-refractivity contribution in [3.8, 4) is 11.5 Å². The number of unbranched alkanes of at least 4 members (excludes halogenated alkanes) is 1. The van der Waals surface area contributed by atoms with Crippen molar-refractivity contribution in [3.05, 3.63) is 70.1 Å². The maximum Gasteiger partial charge on any atom is 0.349 e. The first-order chi connectivity index (χ1) is 15.4. The molecule has 32 heavy (non-hydrogen) atoms. The van der Waals surface area contributed by atoms with Crippen molar-refractivity contribution in [2.75, 3.05) is 13.2 Å². The molecule has 0 fully saturated rings. The van der Waals surface area contributed by atoms with E-state index in [1.54, 1.807) is 18.2 Å². The monoisotopic (exact) mass is 437 g/mol. The summed E-state index contributed by atoms with van der Waals surface area (Å²) in [7, 11) is 0. The van der Waals surface area contributed by atoms with Crippen LogP contribution in [0.25, 0.3) is 11.0 Å². The quantitative estimate of drug-likeness (QED) is 0.230. The Labute approximate surface area is 186 Å². The highest BCUT2D eigenvalue weighted by molar-refractivity contribution is 5.96. The number of carbonyl (C=O) groups is 2. The zero-order valence-corrected chi connectivity index (χ0v) is 18.5. The first kappa shape index (κ1) is 23.1. The summed E-state index contributed by atoms with van der Waals surface area (Å²) in [6.07, 6.45) is 1.76. The van der Waals surface area contributed by atoms with Crippen LogP contribution in [0.5, 0.6) is 11.5 Å². The molecule has 0 radical (unpaired) electrons. The van der Waals surface area contributed by atoms with E-state index < -0.39 is 17.5 Å². The highest BCUT2D eigenvalue weighted by Crippen LogP contribution is 2.22. The molecule has 168 valence electrons. The second-order valence-corrected chi connectivity index (χ2v) is 7.75. The van der Waals surface area contributed by atoms with Crippen molar-refractivity contribution in [1.29, 1.82) is 0 Å². The van der Waals surface area contributed by atoms with E-state index in [4.69, 9.17) is 13.9 Å². The van der Waals surface area contributed by atoms with E-state index >= 15 is 0 Å². The lowest BCUT2D eigenvalue weighted by atomic mass is 10.0. The zero-order valence-electron chi connectivity index (χ0n) is 18.5. The van der Waals surface area contributed by atoms with Crippen molar-refractivity contribution in [2.24, 2.45) is 0 Å². The fourth-order valence-electron chi connectivity index (χ4n) is 3.05. The molecule has 0 aliphatic carbocycles. The molecule has 0 aliphatic heterocycles. The van der Waals surface area contributed by atoms with Crippen molar-refractivity contribution < 1.29 is 23.5 Å². The molecule has 1 aromatic heterocycles. The Morgan fingerprint density at radius 1 is 1.06 bits per heavy atom. The van der Waals surface area contributed by atoms with E-state index in [2.05, 4.69) is 19.2 Å². The number of amides is 1. The van der Waals surface area contributed by atoms with Gasteiger partial charge in [-0.1, -0.05) is 39.3 Å². The van der Waals surface area contributed by atoms with Crippen LogP contribution in [0, 0.1) is 0 Å². The van der Waals surface area contributed by atoms with Gasteiger partial charge < -0.3 is 19.2 Å². The number of rotatable bonds is 9. The maximum absolute atomic E-state index is 12.2. The smallest absolute Gasteiger partial charge is 0.349 e. The lowest BCUT2D eigenvalue weighted by Gasteiger charge is -2.10. The molecule has 1 heterocycles. The highest BCUT2D eigenvalue weighted by atomic mass is 16.6. The third kappa shape index (κ3) is 5.97. The number of esters is 1. The fourth-order valence-corrected chi connectivity index (χ4v) is 3.05. The van der Waals surface area contributed by atoms with Crippen LogP contribution in [0.4, 0.5) is 0 Å². The number of hydrogen-bond acceptors (Lipinski definition) is 6. The lowest BCUT2D eigenvalue weighted by Crippen LogP contribution is -2.28. The molecule has 1 N–H and O–H groups in total. The number of benzene rings is 2. The van der Waals surface area contributed by atoms with E-state index in [-0.39, 0.29) is 23.5 Å². The average Bonchev–Trinajstić information content (AvgIpc) is 2.77. The second kappa shape index (κ2) is 10.6. The van der Waals surface area contributed by atoms with Crippen LogP contribution in [0.2, 0.25) is 0 Å². The Balaban J connectivity index is 1.65. The number of ether oxygens (including phenoxy) is 2. The SMILES string of the molecule is CCCCNC(=O)c1cc2ccc(OC(=O)COc3cccc(C(C)C)c3)cc2oc1=O. The van der Waals surface area contributed by atoms with Crippen LogP contribution < -0.4 is 20.4 Å². The largest absolute Gasteiger partial charge is 0.482 e. The van der Waals surface area contributed by atoms with Crippen molar-refractivity contribution >= 4 is 22.8 Å². The van der Waals surface area contributed by atoms with E-state index in [1.165, 1.54) is 12.1 Å². The lowest BCUT2D eigenvalue weighted by molar-refractivity contribution is -0.136. The van der Waals surface area contributed by atoms with Crippen LogP contribution in [0.15, 0.2) is 57.7 Å². The second-order valence-electron chi connectivity index (χ2n) is 7.75. The molecule has 3 aromatic rings. The Morgan fingerprint density at radius 2 is 1.88 bits per heavy atom. The van der Waals surface area contributed by atoms with Crippen molar-refractivity contribution in [3.63, 3.8) is 0 Å². The molecule has 7 nitrogen and oxygen atoms in total. The first-order valence-corrected chi connectivity index (χ1v) is 10.7. The van der Waals surface area contributed by atoms with Gasteiger partial charge in [-0.3, -0.25) is 4.79 Å². The molecule has 0 saturated heterocycles. The summed E-state index contributed by atoms with van der Waals surface area (Å²) in [5.74, 6) is 0.0882. The molecule has 0 unspecified atom stereocenters. The number of carbonyl (C=O) groups excluding carboxylic acids is 2. The van der Waals surface area contributed by atoms with Gasteiger partial charge in [0, 0.05) is 18.0 Å². The number of nitrogens with one attached hydrogen (secondary N) is 1. The summed E-state index contributed by atoms with van der Waals surface area (Å²) < 4.78 is 16.1. The minimum atomic E-state index is -0.747. The first-order valence-electron chi connectivity index (χ1n) is 10.7. The number of hydrogen-bond donors (Lipinski definition) is 1. The molecule has 0 saturated carbocycles. The minimum absolute atomic E-state index is 0.0598. The van der Waals surface area contributed by atoms with E-state index in [9.17, 15) is 14.4 Å². The van der Waals surface area contributed by atoms with Gasteiger partial charge in [-0.15, -0.1) is 0 Å².